The molecule has 0 bridgehead atoms. The normalized spacial score (nSPS) is 10.9. The quantitative estimate of drug-likeness (QED) is 0.241. The third-order valence-electron chi connectivity index (χ3n) is 6.30. The summed E-state index contributed by atoms with van der Waals surface area (Å²) in [6, 6.07) is 30.2. The molecule has 5 nitrogen and oxygen atoms in total. The fourth-order valence-corrected chi connectivity index (χ4v) is 4.18. The zero-order valence-corrected chi connectivity index (χ0v) is 20.7. The zero-order valence-electron chi connectivity index (χ0n) is 20.7. The number of aryl methyl sites for hydroxylation is 1. The Hall–Kier alpha value is -4.38. The number of hydrogen-bond donors (Lipinski definition) is 1. The number of ether oxygens (including phenoxy) is 4. The fraction of sp³-hybridized carbons (Fsp3) is 0.161. The van der Waals surface area contributed by atoms with Gasteiger partial charge in [-0.3, -0.25) is 0 Å². The zero-order chi connectivity index (χ0) is 24.9. The van der Waals surface area contributed by atoms with Crippen LogP contribution in [0, 0.1) is 6.92 Å². The van der Waals surface area contributed by atoms with E-state index in [4.69, 9.17) is 18.9 Å². The average molecular weight is 480 g/mol. The van der Waals surface area contributed by atoms with Crippen molar-refractivity contribution in [1.82, 2.24) is 4.98 Å². The molecule has 0 aliphatic rings. The van der Waals surface area contributed by atoms with Gasteiger partial charge in [-0.2, -0.15) is 0 Å². The third kappa shape index (κ3) is 5.15. The molecule has 0 saturated carbocycles. The maximum absolute atomic E-state index is 6.06. The Labute approximate surface area is 211 Å². The Morgan fingerprint density at radius 3 is 1.64 bits per heavy atom. The molecule has 4 aromatic carbocycles. The van der Waals surface area contributed by atoms with Gasteiger partial charge in [0.15, 0.2) is 0 Å². The largest absolute Gasteiger partial charge is 0.497 e. The van der Waals surface area contributed by atoms with E-state index in [1.165, 1.54) is 5.56 Å². The second kappa shape index (κ2) is 10.5. The summed E-state index contributed by atoms with van der Waals surface area (Å²) in [7, 11) is 3.33. The highest BCUT2D eigenvalue weighted by Gasteiger charge is 2.11. The van der Waals surface area contributed by atoms with Crippen LogP contribution in [0.15, 0.2) is 91.0 Å². The molecular formula is C31H29NO4. The van der Waals surface area contributed by atoms with Gasteiger partial charge in [0.05, 0.1) is 14.2 Å². The molecule has 0 fully saturated rings. The first-order chi connectivity index (χ1) is 17.6. The summed E-state index contributed by atoms with van der Waals surface area (Å²) >= 11 is 0. The monoisotopic (exact) mass is 479 g/mol. The molecule has 182 valence electrons. The molecule has 1 heterocycles. The van der Waals surface area contributed by atoms with Gasteiger partial charge in [0.25, 0.3) is 0 Å². The number of fused-ring (bicyclic) bond motifs is 1. The van der Waals surface area contributed by atoms with E-state index in [9.17, 15) is 0 Å². The Morgan fingerprint density at radius 1 is 0.583 bits per heavy atom. The molecule has 36 heavy (non-hydrogen) atoms. The van der Waals surface area contributed by atoms with E-state index in [0.29, 0.717) is 13.2 Å². The van der Waals surface area contributed by atoms with Crippen molar-refractivity contribution in [2.75, 3.05) is 14.2 Å². The maximum Gasteiger partial charge on any atom is 0.120 e. The molecule has 0 saturated heterocycles. The van der Waals surface area contributed by atoms with E-state index in [1.807, 2.05) is 66.7 Å². The van der Waals surface area contributed by atoms with Crippen molar-refractivity contribution in [3.8, 4) is 34.3 Å². The number of aromatic nitrogens is 1. The number of methoxy groups -OCH3 is 2. The van der Waals surface area contributed by atoms with E-state index < -0.39 is 0 Å². The number of rotatable bonds is 9. The van der Waals surface area contributed by atoms with Crippen LogP contribution in [0.3, 0.4) is 0 Å². The highest BCUT2D eigenvalue weighted by molar-refractivity contribution is 5.91. The maximum atomic E-state index is 6.06. The number of hydrogen-bond acceptors (Lipinski definition) is 4. The van der Waals surface area contributed by atoms with Crippen molar-refractivity contribution < 1.29 is 18.9 Å². The van der Waals surface area contributed by atoms with Gasteiger partial charge in [0, 0.05) is 16.6 Å². The number of benzene rings is 4. The lowest BCUT2D eigenvalue weighted by Crippen LogP contribution is -1.95. The third-order valence-corrected chi connectivity index (χ3v) is 6.30. The number of aromatic amines is 1. The molecule has 0 radical (unpaired) electrons. The minimum atomic E-state index is 0.504. The summed E-state index contributed by atoms with van der Waals surface area (Å²) in [4.78, 5) is 3.56. The summed E-state index contributed by atoms with van der Waals surface area (Å²) in [6.45, 7) is 3.15. The predicted octanol–water partition coefficient (Wildman–Crippen LogP) is 7.32. The molecule has 0 aliphatic heterocycles. The number of H-pyrrole nitrogens is 1. The van der Waals surface area contributed by atoms with E-state index in [-0.39, 0.29) is 0 Å². The van der Waals surface area contributed by atoms with Gasteiger partial charge in [0.2, 0.25) is 0 Å². The fourth-order valence-electron chi connectivity index (χ4n) is 4.18. The van der Waals surface area contributed by atoms with E-state index in [1.54, 1.807) is 14.2 Å². The van der Waals surface area contributed by atoms with Gasteiger partial charge >= 0.3 is 0 Å². The van der Waals surface area contributed by atoms with Crippen LogP contribution >= 0.6 is 0 Å². The Balaban J connectivity index is 1.26. The van der Waals surface area contributed by atoms with Gasteiger partial charge in [-0.1, -0.05) is 24.3 Å². The first-order valence-electron chi connectivity index (χ1n) is 11.9. The summed E-state index contributed by atoms with van der Waals surface area (Å²) in [5, 5.41) is 1.15. The predicted molar refractivity (Wildman–Crippen MR) is 143 cm³/mol. The minimum absolute atomic E-state index is 0.504. The Morgan fingerprint density at radius 2 is 1.08 bits per heavy atom. The van der Waals surface area contributed by atoms with Crippen molar-refractivity contribution in [3.63, 3.8) is 0 Å². The SMILES string of the molecule is COc1ccc(COc2ccc(-c3[nH]c4ccc(OCc5ccc(OC)cc5)cc4c3C)cc2)cc1. The molecule has 5 rings (SSSR count). The Kier molecular flexibility index (Phi) is 6.80. The van der Waals surface area contributed by atoms with Crippen molar-refractivity contribution in [3.05, 3.63) is 108 Å². The van der Waals surface area contributed by atoms with Gasteiger partial charge in [-0.25, -0.2) is 0 Å². The smallest absolute Gasteiger partial charge is 0.120 e. The molecule has 0 unspecified atom stereocenters. The summed E-state index contributed by atoms with van der Waals surface area (Å²) < 4.78 is 22.4. The molecule has 5 aromatic rings. The van der Waals surface area contributed by atoms with Crippen LogP contribution < -0.4 is 18.9 Å². The number of nitrogens with one attached hydrogen (secondary N) is 1. The van der Waals surface area contributed by atoms with E-state index >= 15 is 0 Å². The van der Waals surface area contributed by atoms with Crippen LogP contribution in [0.5, 0.6) is 23.0 Å². The lowest BCUT2D eigenvalue weighted by Gasteiger charge is -2.08. The van der Waals surface area contributed by atoms with Gasteiger partial charge in [0.1, 0.15) is 36.2 Å². The molecule has 1 aromatic heterocycles. The van der Waals surface area contributed by atoms with E-state index in [0.717, 1.165) is 56.3 Å². The van der Waals surface area contributed by atoms with Gasteiger partial charge in [-0.15, -0.1) is 0 Å². The summed E-state index contributed by atoms with van der Waals surface area (Å²) in [5.74, 6) is 3.35. The van der Waals surface area contributed by atoms with E-state index in [2.05, 4.69) is 36.2 Å². The first kappa shape index (κ1) is 23.4. The minimum Gasteiger partial charge on any atom is -0.497 e. The van der Waals surface area contributed by atoms with Crippen molar-refractivity contribution in [2.24, 2.45) is 0 Å². The van der Waals surface area contributed by atoms with Crippen LogP contribution in [0.4, 0.5) is 0 Å². The topological polar surface area (TPSA) is 52.7 Å². The standard InChI is InChI=1S/C31H29NO4/c1-21-29-18-28(36-20-23-6-12-26(34-3)13-7-23)16-17-30(29)32-31(21)24-8-14-27(15-9-24)35-19-22-4-10-25(33-2)11-5-22/h4-18,32H,19-20H2,1-3H3. The lowest BCUT2D eigenvalue weighted by atomic mass is 10.1. The van der Waals surface area contributed by atoms with Crippen LogP contribution in [0.2, 0.25) is 0 Å². The van der Waals surface area contributed by atoms with Crippen LogP contribution in [-0.4, -0.2) is 19.2 Å². The van der Waals surface area contributed by atoms with Gasteiger partial charge in [-0.05, 0) is 95.9 Å². The summed E-state index contributed by atoms with van der Waals surface area (Å²) in [5.41, 5.74) is 6.67. The second-order valence-electron chi connectivity index (χ2n) is 8.63. The van der Waals surface area contributed by atoms with Crippen LogP contribution in [-0.2, 0) is 13.2 Å². The summed E-state index contributed by atoms with van der Waals surface area (Å²) in [6.07, 6.45) is 0. The first-order valence-corrected chi connectivity index (χ1v) is 11.9. The molecule has 0 aliphatic carbocycles. The highest BCUT2D eigenvalue weighted by atomic mass is 16.5. The van der Waals surface area contributed by atoms with Gasteiger partial charge < -0.3 is 23.9 Å². The average Bonchev–Trinajstić information content (AvgIpc) is 3.27. The molecule has 0 atom stereocenters. The highest BCUT2D eigenvalue weighted by Crippen LogP contribution is 2.33. The molecule has 0 amide bonds. The molecule has 5 heteroatoms. The lowest BCUT2D eigenvalue weighted by molar-refractivity contribution is 0.306. The van der Waals surface area contributed by atoms with Crippen molar-refractivity contribution in [2.45, 2.75) is 20.1 Å². The molecular weight excluding hydrogens is 450 g/mol. The second-order valence-corrected chi connectivity index (χ2v) is 8.63. The molecule has 1 N–H and O–H groups in total. The van der Waals surface area contributed by atoms with Crippen molar-refractivity contribution >= 4 is 10.9 Å². The van der Waals surface area contributed by atoms with Crippen LogP contribution in [0.25, 0.3) is 22.2 Å². The Bertz CT molecular complexity index is 1440. The molecule has 0 spiro atoms. The van der Waals surface area contributed by atoms with Crippen molar-refractivity contribution in [1.29, 1.82) is 0 Å². The van der Waals surface area contributed by atoms with Crippen LogP contribution in [0.1, 0.15) is 16.7 Å².